The minimum Gasteiger partial charge on any atom is -0.382 e. The third-order valence-corrected chi connectivity index (χ3v) is 5.94. The summed E-state index contributed by atoms with van der Waals surface area (Å²) in [7, 11) is 18.6. The summed E-state index contributed by atoms with van der Waals surface area (Å²) >= 11 is 0. The smallest absolute Gasteiger partial charge is 0.382 e. The molecule has 0 spiro atoms. The van der Waals surface area contributed by atoms with Crippen molar-refractivity contribution in [2.45, 2.75) is 43.4 Å². The second-order valence-electron chi connectivity index (χ2n) is 8.88. The zero-order chi connectivity index (χ0) is 26.1. The van der Waals surface area contributed by atoms with Crippen molar-refractivity contribution >= 4 is 46.5 Å². The number of benzene rings is 1. The van der Waals surface area contributed by atoms with Gasteiger partial charge in [0, 0.05) is 16.4 Å². The first-order chi connectivity index (χ1) is 16.0. The van der Waals surface area contributed by atoms with E-state index in [0.717, 1.165) is 21.8 Å². The Labute approximate surface area is 202 Å². The number of hydrogen-bond acceptors (Lipinski definition) is 6. The van der Waals surface area contributed by atoms with E-state index in [1.165, 1.54) is 39.0 Å². The standard InChI is InChI=1S/C21H16B3F3N6O2/c1-18(2)17(34)32(19(3,22)21(23,24)35-18)13-6-10(4-5-11(13)8-28)14-7-12(20(25,26)27)15-16(29)30-9-31-33(14)15/h4-7,9H,1-3H3,(H2,29,30,31). The Morgan fingerprint density at radius 1 is 1.17 bits per heavy atom. The number of amides is 1. The predicted octanol–water partition coefficient (Wildman–Crippen LogP) is 1.89. The number of nitrogens with zero attached hydrogens (tertiary/aromatic N) is 5. The number of morpholine rings is 1. The van der Waals surface area contributed by atoms with Crippen LogP contribution < -0.4 is 10.6 Å². The molecule has 2 N–H and O–H groups in total. The molecule has 0 bridgehead atoms. The Morgan fingerprint density at radius 3 is 2.43 bits per heavy atom. The summed E-state index contributed by atoms with van der Waals surface area (Å²) in [5, 5.41) is 11.6. The van der Waals surface area contributed by atoms with Crippen molar-refractivity contribution in [3.8, 4) is 17.3 Å². The van der Waals surface area contributed by atoms with Gasteiger partial charge in [-0.2, -0.15) is 23.5 Å². The number of fused-ring (bicyclic) bond motifs is 1. The number of carbonyl (C=O) groups is 1. The number of nitriles is 1. The molecule has 0 aliphatic carbocycles. The minimum atomic E-state index is -4.75. The van der Waals surface area contributed by atoms with E-state index >= 15 is 0 Å². The number of rotatable bonds is 2. The fraction of sp³-hybridized carbons (Fsp3) is 0.333. The van der Waals surface area contributed by atoms with Gasteiger partial charge in [-0.3, -0.25) is 4.79 Å². The first kappa shape index (κ1) is 24.7. The molecule has 1 aliphatic heterocycles. The van der Waals surface area contributed by atoms with Crippen LogP contribution in [0.4, 0.5) is 24.7 Å². The predicted molar refractivity (Wildman–Crippen MR) is 124 cm³/mol. The van der Waals surface area contributed by atoms with Crippen molar-refractivity contribution in [3.63, 3.8) is 0 Å². The maximum Gasteiger partial charge on any atom is 0.418 e. The Bertz CT molecular complexity index is 1410. The average Bonchev–Trinajstić information content (AvgIpc) is 3.13. The van der Waals surface area contributed by atoms with Crippen molar-refractivity contribution in [2.75, 3.05) is 10.6 Å². The lowest BCUT2D eigenvalue weighted by molar-refractivity contribution is -0.158. The molecule has 1 fully saturated rings. The number of alkyl halides is 3. The summed E-state index contributed by atoms with van der Waals surface area (Å²) in [6, 6.07) is 6.89. The van der Waals surface area contributed by atoms with Gasteiger partial charge in [0.2, 0.25) is 0 Å². The number of carbonyl (C=O) groups excluding carboxylic acids is 1. The first-order valence-electron chi connectivity index (χ1n) is 10.2. The molecule has 1 amide bonds. The number of halogens is 3. The van der Waals surface area contributed by atoms with Gasteiger partial charge in [0.05, 0.1) is 22.5 Å². The molecule has 3 aromatic rings. The van der Waals surface area contributed by atoms with Crippen LogP contribution in [0.3, 0.4) is 0 Å². The van der Waals surface area contributed by atoms with Gasteiger partial charge < -0.3 is 15.4 Å². The first-order valence-corrected chi connectivity index (χ1v) is 10.2. The lowest BCUT2D eigenvalue weighted by Gasteiger charge is -2.59. The molecule has 3 heterocycles. The summed E-state index contributed by atoms with van der Waals surface area (Å²) in [4.78, 5) is 18.1. The zero-order valence-electron chi connectivity index (χ0n) is 18.9. The summed E-state index contributed by atoms with van der Waals surface area (Å²) in [5.41, 5.74) is 0.992. The normalized spacial score (nSPS) is 21.7. The van der Waals surface area contributed by atoms with Gasteiger partial charge in [-0.25, -0.2) is 9.50 Å². The van der Waals surface area contributed by atoms with Crippen molar-refractivity contribution in [1.82, 2.24) is 14.6 Å². The highest BCUT2D eigenvalue weighted by molar-refractivity contribution is 6.46. The van der Waals surface area contributed by atoms with Gasteiger partial charge in [-0.05, 0) is 39.0 Å². The minimum absolute atomic E-state index is 0.00155. The molecular weight excluding hydrogens is 458 g/mol. The second-order valence-corrected chi connectivity index (χ2v) is 8.88. The van der Waals surface area contributed by atoms with E-state index in [4.69, 9.17) is 34.0 Å². The summed E-state index contributed by atoms with van der Waals surface area (Å²) in [5.74, 6) is -1.03. The van der Waals surface area contributed by atoms with Crippen molar-refractivity contribution < 1.29 is 22.7 Å². The van der Waals surface area contributed by atoms with Crippen LogP contribution >= 0.6 is 0 Å². The molecule has 172 valence electrons. The van der Waals surface area contributed by atoms with E-state index in [1.807, 2.05) is 6.07 Å². The van der Waals surface area contributed by atoms with Crippen molar-refractivity contribution in [2.24, 2.45) is 0 Å². The molecule has 1 saturated heterocycles. The molecule has 35 heavy (non-hydrogen) atoms. The van der Waals surface area contributed by atoms with Gasteiger partial charge in [0.25, 0.3) is 5.91 Å². The number of aromatic nitrogens is 3. The average molecular weight is 474 g/mol. The van der Waals surface area contributed by atoms with Crippen LogP contribution in [0.2, 0.25) is 0 Å². The van der Waals surface area contributed by atoms with E-state index in [0.29, 0.717) is 0 Å². The maximum atomic E-state index is 13.8. The molecule has 1 aliphatic rings. The Kier molecular flexibility index (Phi) is 5.30. The highest BCUT2D eigenvalue weighted by Gasteiger charge is 2.55. The van der Waals surface area contributed by atoms with E-state index < -0.39 is 39.6 Å². The number of anilines is 2. The summed E-state index contributed by atoms with van der Waals surface area (Å²) in [6.45, 7) is 4.20. The van der Waals surface area contributed by atoms with Gasteiger partial charge in [-0.15, -0.1) is 0 Å². The fourth-order valence-corrected chi connectivity index (χ4v) is 4.04. The van der Waals surface area contributed by atoms with Gasteiger partial charge in [0.1, 0.15) is 47.1 Å². The van der Waals surface area contributed by atoms with Crippen LogP contribution in [0.1, 0.15) is 31.9 Å². The lowest BCUT2D eigenvalue weighted by Crippen LogP contribution is -2.76. The van der Waals surface area contributed by atoms with E-state index in [9.17, 15) is 23.2 Å². The zero-order valence-corrected chi connectivity index (χ0v) is 18.9. The van der Waals surface area contributed by atoms with Crippen LogP contribution in [0.5, 0.6) is 0 Å². The molecular formula is C21H16B3F3N6O2. The molecule has 6 radical (unpaired) electrons. The molecule has 0 saturated carbocycles. The largest absolute Gasteiger partial charge is 0.418 e. The fourth-order valence-electron chi connectivity index (χ4n) is 4.04. The maximum absolute atomic E-state index is 13.8. The quantitative estimate of drug-likeness (QED) is 0.569. The third kappa shape index (κ3) is 3.65. The van der Waals surface area contributed by atoms with Gasteiger partial charge in [0.15, 0.2) is 5.82 Å². The Balaban J connectivity index is 2.01. The number of ether oxygens (including phenoxy) is 1. The summed E-state index contributed by atoms with van der Waals surface area (Å²) in [6.07, 6.45) is -3.74. The molecule has 1 unspecified atom stereocenters. The van der Waals surface area contributed by atoms with Crippen LogP contribution in [0.15, 0.2) is 30.6 Å². The second kappa shape index (κ2) is 7.52. The van der Waals surface area contributed by atoms with E-state index in [2.05, 4.69) is 10.1 Å². The van der Waals surface area contributed by atoms with Crippen molar-refractivity contribution in [3.05, 3.63) is 41.7 Å². The van der Waals surface area contributed by atoms with Crippen LogP contribution in [-0.4, -0.2) is 60.5 Å². The molecule has 1 atom stereocenters. The molecule has 1 aromatic carbocycles. The van der Waals surface area contributed by atoms with Crippen molar-refractivity contribution in [1.29, 1.82) is 5.26 Å². The third-order valence-electron chi connectivity index (χ3n) is 5.94. The molecule has 2 aromatic heterocycles. The number of nitrogens with two attached hydrogens (primary N) is 1. The molecule has 8 nitrogen and oxygen atoms in total. The lowest BCUT2D eigenvalue weighted by atomic mass is 9.46. The van der Waals surface area contributed by atoms with Gasteiger partial charge >= 0.3 is 6.18 Å². The number of nitrogen functional groups attached to an aromatic ring is 1. The molecule has 4 rings (SSSR count). The van der Waals surface area contributed by atoms with Crippen LogP contribution in [0.25, 0.3) is 16.8 Å². The number of hydrogen-bond donors (Lipinski definition) is 1. The van der Waals surface area contributed by atoms with Crippen LogP contribution in [-0.2, 0) is 15.7 Å². The highest BCUT2D eigenvalue weighted by atomic mass is 19.4. The van der Waals surface area contributed by atoms with E-state index in [-0.39, 0.29) is 28.3 Å². The highest BCUT2D eigenvalue weighted by Crippen LogP contribution is 2.43. The topological polar surface area (TPSA) is 110 Å². The van der Waals surface area contributed by atoms with E-state index in [1.54, 1.807) is 0 Å². The summed E-state index contributed by atoms with van der Waals surface area (Å²) < 4.78 is 47.8. The SMILES string of the molecule is [B]C1([B])OC(C)(C)C(=O)N(c2cc(-c3cc(C(F)(F)F)c4c(N)ncnn34)ccc2C#N)C1([B])C. The molecule has 14 heteroatoms. The Morgan fingerprint density at radius 2 is 1.83 bits per heavy atom. The van der Waals surface area contributed by atoms with Crippen LogP contribution in [0, 0.1) is 11.3 Å². The Hall–Kier alpha value is -3.46. The van der Waals surface area contributed by atoms with Gasteiger partial charge in [-0.1, -0.05) is 6.07 Å². The monoisotopic (exact) mass is 474 g/mol.